The Balaban J connectivity index is 1.75. The quantitative estimate of drug-likeness (QED) is 0.330. The summed E-state index contributed by atoms with van der Waals surface area (Å²) < 4.78 is 29.5. The monoisotopic (exact) mass is 472 g/mol. The molecule has 0 N–H and O–H groups in total. The van der Waals surface area contributed by atoms with Crippen LogP contribution in [0.3, 0.4) is 0 Å². The van der Waals surface area contributed by atoms with Crippen molar-refractivity contribution in [1.82, 2.24) is 9.78 Å². The standard InChI is InChI=1S/C26H18F2N4O3/c1-2-20-21(25(34)32(29-20)19-12-8-17(28)9-13-19)22-23(30-14-4-3-5-15-30)26(35)31(24(22)33)18-10-6-16(27)7-11-18/h3-15H,2H2,1H3. The van der Waals surface area contributed by atoms with Crippen molar-refractivity contribution in [1.29, 1.82) is 0 Å². The van der Waals surface area contributed by atoms with Gasteiger partial charge in [0.1, 0.15) is 17.2 Å². The molecule has 0 saturated carbocycles. The molecular formula is C26H18F2N4O3. The van der Waals surface area contributed by atoms with E-state index in [1.807, 2.05) is 0 Å². The molecule has 9 heteroatoms. The molecule has 0 radical (unpaired) electrons. The molecule has 35 heavy (non-hydrogen) atoms. The number of rotatable bonds is 5. The van der Waals surface area contributed by atoms with Crippen LogP contribution in [0, 0.1) is 11.6 Å². The molecule has 0 saturated heterocycles. The lowest BCUT2D eigenvalue weighted by Gasteiger charge is -2.15. The molecule has 1 aliphatic rings. The van der Waals surface area contributed by atoms with Crippen LogP contribution in [0.2, 0.25) is 0 Å². The molecule has 2 aromatic carbocycles. The lowest BCUT2D eigenvalue weighted by atomic mass is 10.0. The number of pyridine rings is 1. The molecule has 0 unspecified atom stereocenters. The van der Waals surface area contributed by atoms with Gasteiger partial charge in [-0.05, 0) is 60.8 Å². The molecule has 2 amide bonds. The largest absolute Gasteiger partial charge is 0.858 e. The highest BCUT2D eigenvalue weighted by Gasteiger charge is 2.47. The zero-order valence-corrected chi connectivity index (χ0v) is 18.5. The fourth-order valence-electron chi connectivity index (χ4n) is 4.06. The normalized spacial score (nSPS) is 13.7. The maximum absolute atomic E-state index is 13.7. The van der Waals surface area contributed by atoms with Gasteiger partial charge in [0.25, 0.3) is 11.6 Å². The zero-order chi connectivity index (χ0) is 24.7. The van der Waals surface area contributed by atoms with Crippen molar-refractivity contribution >= 4 is 28.8 Å². The van der Waals surface area contributed by atoms with Gasteiger partial charge in [-0.3, -0.25) is 9.59 Å². The van der Waals surface area contributed by atoms with Crippen LogP contribution in [-0.2, 0) is 16.0 Å². The summed E-state index contributed by atoms with van der Waals surface area (Å²) in [5.74, 6) is -2.99. The summed E-state index contributed by atoms with van der Waals surface area (Å²) in [5.41, 5.74) is 0.661. The predicted octanol–water partition coefficient (Wildman–Crippen LogP) is 3.02. The minimum atomic E-state index is -0.724. The Morgan fingerprint density at radius 1 is 0.857 bits per heavy atom. The summed E-state index contributed by atoms with van der Waals surface area (Å²) in [6.45, 7) is 1.77. The molecular weight excluding hydrogens is 454 g/mol. The number of halogens is 2. The lowest BCUT2D eigenvalue weighted by Crippen LogP contribution is -2.39. The summed E-state index contributed by atoms with van der Waals surface area (Å²) in [7, 11) is 0. The van der Waals surface area contributed by atoms with Gasteiger partial charge in [-0.1, -0.05) is 13.0 Å². The Hall–Kier alpha value is -4.66. The van der Waals surface area contributed by atoms with Crippen LogP contribution in [0.15, 0.2) is 79.1 Å². The summed E-state index contributed by atoms with van der Waals surface area (Å²) in [6, 6.07) is 15.3. The highest BCUT2D eigenvalue weighted by Crippen LogP contribution is 2.38. The molecule has 0 fully saturated rings. The van der Waals surface area contributed by atoms with Crippen LogP contribution >= 0.6 is 0 Å². The van der Waals surface area contributed by atoms with Gasteiger partial charge in [0.2, 0.25) is 0 Å². The van der Waals surface area contributed by atoms with E-state index in [1.165, 1.54) is 41.0 Å². The molecule has 4 aromatic rings. The van der Waals surface area contributed by atoms with E-state index in [1.54, 1.807) is 37.5 Å². The average Bonchev–Trinajstić information content (AvgIpc) is 3.33. The third kappa shape index (κ3) is 3.67. The second-order valence-electron chi connectivity index (χ2n) is 7.80. The zero-order valence-electron chi connectivity index (χ0n) is 18.5. The Kier molecular flexibility index (Phi) is 5.44. The van der Waals surface area contributed by atoms with E-state index in [4.69, 9.17) is 0 Å². The number of carbonyl (C=O) groups excluding carboxylic acids is 2. The molecule has 2 aromatic heterocycles. The summed E-state index contributed by atoms with van der Waals surface area (Å²) in [6.07, 6.45) is 3.48. The van der Waals surface area contributed by atoms with E-state index < -0.39 is 29.3 Å². The van der Waals surface area contributed by atoms with E-state index in [-0.39, 0.29) is 22.5 Å². The van der Waals surface area contributed by atoms with Crippen molar-refractivity contribution in [3.63, 3.8) is 0 Å². The number of hydrogen-bond acceptors (Lipinski definition) is 4. The Morgan fingerprint density at radius 3 is 2.00 bits per heavy atom. The van der Waals surface area contributed by atoms with Gasteiger partial charge in [-0.2, -0.15) is 9.67 Å². The van der Waals surface area contributed by atoms with Crippen LogP contribution in [-0.4, -0.2) is 21.6 Å². The van der Waals surface area contributed by atoms with Crippen LogP contribution in [0.1, 0.15) is 18.2 Å². The fraction of sp³-hybridized carbons (Fsp3) is 0.0769. The smallest absolute Gasteiger partial charge is 0.331 e. The second kappa shape index (κ2) is 8.60. The number of amides is 2. The second-order valence-corrected chi connectivity index (χ2v) is 7.80. The third-order valence-electron chi connectivity index (χ3n) is 5.69. The molecule has 1 aliphatic heterocycles. The first-order chi connectivity index (χ1) is 16.9. The Bertz CT molecular complexity index is 1480. The van der Waals surface area contributed by atoms with Crippen molar-refractivity contribution < 1.29 is 28.0 Å². The molecule has 174 valence electrons. The maximum Gasteiger partial charge on any atom is 0.331 e. The van der Waals surface area contributed by atoms with Crippen LogP contribution in [0.4, 0.5) is 14.5 Å². The van der Waals surface area contributed by atoms with Crippen molar-refractivity contribution in [2.45, 2.75) is 13.3 Å². The first kappa shape index (κ1) is 22.1. The maximum atomic E-state index is 13.7. The van der Waals surface area contributed by atoms with Crippen molar-refractivity contribution in [3.05, 3.63) is 102 Å². The summed E-state index contributed by atoms with van der Waals surface area (Å²) in [5, 5.41) is 17.9. The predicted molar refractivity (Wildman–Crippen MR) is 121 cm³/mol. The number of imide groups is 1. The van der Waals surface area contributed by atoms with Gasteiger partial charge >= 0.3 is 5.91 Å². The Labute approximate surface area is 198 Å². The van der Waals surface area contributed by atoms with E-state index in [0.29, 0.717) is 17.8 Å². The van der Waals surface area contributed by atoms with Gasteiger partial charge in [0.15, 0.2) is 12.4 Å². The third-order valence-corrected chi connectivity index (χ3v) is 5.69. The molecule has 0 aliphatic carbocycles. The fourth-order valence-corrected chi connectivity index (χ4v) is 4.06. The first-order valence-electron chi connectivity index (χ1n) is 10.8. The van der Waals surface area contributed by atoms with Crippen molar-refractivity contribution in [2.24, 2.45) is 0 Å². The first-order valence-corrected chi connectivity index (χ1v) is 10.8. The van der Waals surface area contributed by atoms with Crippen LogP contribution in [0.5, 0.6) is 5.88 Å². The van der Waals surface area contributed by atoms with Gasteiger partial charge < -0.3 is 5.11 Å². The molecule has 3 heterocycles. The number of aryl methyl sites for hydroxylation is 1. The van der Waals surface area contributed by atoms with Crippen LogP contribution < -0.4 is 14.6 Å². The molecule has 0 bridgehead atoms. The van der Waals surface area contributed by atoms with Crippen molar-refractivity contribution in [2.75, 3.05) is 4.90 Å². The number of benzene rings is 2. The summed E-state index contributed by atoms with van der Waals surface area (Å²) in [4.78, 5) is 28.2. The highest BCUT2D eigenvalue weighted by molar-refractivity contribution is 6.53. The SMILES string of the molecule is CCc1nn(-c2ccc(F)cc2)c([O-])c1C1=C([n+]2ccccc2)C(=O)N(c2ccc(F)cc2)C1=O. The highest BCUT2D eigenvalue weighted by atomic mass is 19.1. The summed E-state index contributed by atoms with van der Waals surface area (Å²) >= 11 is 0. The van der Waals surface area contributed by atoms with Gasteiger partial charge in [-0.15, -0.1) is 0 Å². The molecule has 5 rings (SSSR count). The van der Waals surface area contributed by atoms with E-state index in [0.717, 1.165) is 21.7 Å². The van der Waals surface area contributed by atoms with Gasteiger partial charge in [-0.25, -0.2) is 18.4 Å². The van der Waals surface area contributed by atoms with E-state index >= 15 is 0 Å². The number of hydrogen-bond donors (Lipinski definition) is 0. The minimum absolute atomic E-state index is 0.00820. The van der Waals surface area contributed by atoms with Gasteiger partial charge in [0.05, 0.1) is 17.1 Å². The lowest BCUT2D eigenvalue weighted by molar-refractivity contribution is -0.576. The molecule has 0 spiro atoms. The number of aromatic nitrogens is 3. The molecule has 0 atom stereocenters. The topological polar surface area (TPSA) is 82.1 Å². The minimum Gasteiger partial charge on any atom is -0.858 e. The average molecular weight is 472 g/mol. The van der Waals surface area contributed by atoms with E-state index in [2.05, 4.69) is 5.10 Å². The van der Waals surface area contributed by atoms with Crippen molar-refractivity contribution in [3.8, 4) is 11.6 Å². The Morgan fingerprint density at radius 2 is 1.43 bits per heavy atom. The molecule has 7 nitrogen and oxygen atoms in total. The van der Waals surface area contributed by atoms with E-state index in [9.17, 15) is 23.5 Å². The number of carbonyl (C=O) groups is 2. The number of anilines is 1. The van der Waals surface area contributed by atoms with Crippen LogP contribution in [0.25, 0.3) is 17.0 Å². The number of nitrogens with zero attached hydrogens (tertiary/aromatic N) is 4. The van der Waals surface area contributed by atoms with Gasteiger partial charge in [0, 0.05) is 17.7 Å².